The lowest BCUT2D eigenvalue weighted by Crippen LogP contribution is -2.55. The largest absolute Gasteiger partial charge is 0.412 e. The van der Waals surface area contributed by atoms with Crippen molar-refractivity contribution in [3.63, 3.8) is 0 Å². The van der Waals surface area contributed by atoms with E-state index in [0.717, 1.165) is 26.0 Å². The molecule has 27 heavy (non-hydrogen) atoms. The fraction of sp³-hybridized carbons (Fsp3) is 1.00. The molecule has 0 amide bonds. The Balaban J connectivity index is 2.00. The molecule has 0 aromatic carbocycles. The second kappa shape index (κ2) is 10.1. The first-order valence-electron chi connectivity index (χ1n) is 10.6. The molecular weight excluding hydrogens is 360 g/mol. The van der Waals surface area contributed by atoms with Crippen LogP contribution in [0.25, 0.3) is 0 Å². The third kappa shape index (κ3) is 6.77. The van der Waals surface area contributed by atoms with Crippen LogP contribution in [0.15, 0.2) is 0 Å². The molecule has 0 saturated carbocycles. The van der Waals surface area contributed by atoms with Crippen LogP contribution in [0.4, 0.5) is 0 Å². The first-order valence-corrected chi connectivity index (χ1v) is 13.5. The van der Waals surface area contributed by atoms with Crippen LogP contribution in [-0.2, 0) is 18.6 Å². The summed E-state index contributed by atoms with van der Waals surface area (Å²) in [5.41, 5.74) is 3.73. The van der Waals surface area contributed by atoms with E-state index in [4.69, 9.17) is 18.6 Å². The molecule has 2 saturated heterocycles. The van der Waals surface area contributed by atoms with E-state index < -0.39 is 8.32 Å². The fourth-order valence-corrected chi connectivity index (χ4v) is 4.99. The molecule has 0 aliphatic carbocycles. The van der Waals surface area contributed by atoms with Crippen LogP contribution >= 0.6 is 0 Å². The Labute approximate surface area is 167 Å². The lowest BCUT2D eigenvalue weighted by atomic mass is 10.1. The highest BCUT2D eigenvalue weighted by Crippen LogP contribution is 2.38. The Bertz CT molecular complexity index is 438. The highest BCUT2D eigenvalue weighted by atomic mass is 28.4. The molecule has 2 heterocycles. The van der Waals surface area contributed by atoms with Gasteiger partial charge in [0.05, 0.1) is 25.9 Å². The highest BCUT2D eigenvalue weighted by Gasteiger charge is 2.41. The average Bonchev–Trinajstić information content (AvgIpc) is 3.23. The van der Waals surface area contributed by atoms with Gasteiger partial charge in [-0.05, 0) is 44.3 Å². The van der Waals surface area contributed by atoms with Crippen molar-refractivity contribution in [2.24, 2.45) is 0 Å². The van der Waals surface area contributed by atoms with Crippen LogP contribution in [0.3, 0.4) is 0 Å². The maximum Gasteiger partial charge on any atom is 0.192 e. The molecule has 6 nitrogen and oxygen atoms in total. The van der Waals surface area contributed by atoms with Crippen LogP contribution in [0, 0.1) is 0 Å². The molecule has 2 aliphatic heterocycles. The Kier molecular flexibility index (Phi) is 8.73. The van der Waals surface area contributed by atoms with Gasteiger partial charge in [0.25, 0.3) is 0 Å². The number of hydrogen-bond donors (Lipinski definition) is 1. The van der Waals surface area contributed by atoms with E-state index in [1.165, 1.54) is 12.8 Å². The molecule has 1 N–H and O–H groups in total. The second-order valence-electron chi connectivity index (χ2n) is 9.53. The average molecular weight is 403 g/mol. The standard InChI is InChI=1S/C20H42N2O4Si/c1-16(21-22-12-8-9-17(22)15-23-5)18(10-11-19-24-13-14-25-19)26-27(6,7)20(2,3)4/h16-19,21H,8-15H2,1-7H3/t16-,17+,18+/m1/s1. The van der Waals surface area contributed by atoms with E-state index in [-0.39, 0.29) is 23.5 Å². The van der Waals surface area contributed by atoms with Gasteiger partial charge in [0.15, 0.2) is 14.6 Å². The van der Waals surface area contributed by atoms with Gasteiger partial charge in [0.1, 0.15) is 0 Å². The lowest BCUT2D eigenvalue weighted by molar-refractivity contribution is -0.0564. The summed E-state index contributed by atoms with van der Waals surface area (Å²) in [4.78, 5) is 0. The number of hydrogen-bond acceptors (Lipinski definition) is 6. The van der Waals surface area contributed by atoms with E-state index in [0.29, 0.717) is 19.3 Å². The highest BCUT2D eigenvalue weighted by molar-refractivity contribution is 6.74. The molecule has 160 valence electrons. The van der Waals surface area contributed by atoms with Gasteiger partial charge in [-0.1, -0.05) is 20.8 Å². The Morgan fingerprint density at radius 3 is 2.48 bits per heavy atom. The van der Waals surface area contributed by atoms with Crippen molar-refractivity contribution in [1.29, 1.82) is 0 Å². The number of nitrogens with zero attached hydrogens (tertiary/aromatic N) is 1. The third-order valence-corrected chi connectivity index (χ3v) is 10.8. The number of hydrazine groups is 1. The minimum atomic E-state index is -1.86. The molecule has 7 heteroatoms. The van der Waals surface area contributed by atoms with E-state index >= 15 is 0 Å². The maximum absolute atomic E-state index is 6.84. The quantitative estimate of drug-likeness (QED) is 0.564. The number of nitrogens with one attached hydrogen (secondary N) is 1. The van der Waals surface area contributed by atoms with Crippen molar-refractivity contribution in [3.05, 3.63) is 0 Å². The Hall–Kier alpha value is -0.0231. The minimum absolute atomic E-state index is 0.0734. The summed E-state index contributed by atoms with van der Waals surface area (Å²) in [6.45, 7) is 17.1. The van der Waals surface area contributed by atoms with Crippen molar-refractivity contribution < 1.29 is 18.6 Å². The van der Waals surface area contributed by atoms with Gasteiger partial charge < -0.3 is 18.6 Å². The molecule has 2 fully saturated rings. The van der Waals surface area contributed by atoms with Gasteiger partial charge in [-0.2, -0.15) is 0 Å². The monoisotopic (exact) mass is 402 g/mol. The first-order chi connectivity index (χ1) is 12.6. The lowest BCUT2D eigenvalue weighted by Gasteiger charge is -2.42. The fourth-order valence-electron chi connectivity index (χ4n) is 3.56. The van der Waals surface area contributed by atoms with Crippen LogP contribution in [-0.4, -0.2) is 71.3 Å². The molecule has 3 atom stereocenters. The van der Waals surface area contributed by atoms with Gasteiger partial charge in [0, 0.05) is 32.2 Å². The van der Waals surface area contributed by atoms with Crippen LogP contribution < -0.4 is 5.43 Å². The van der Waals surface area contributed by atoms with Gasteiger partial charge >= 0.3 is 0 Å². The van der Waals surface area contributed by atoms with Crippen molar-refractivity contribution in [3.8, 4) is 0 Å². The summed E-state index contributed by atoms with van der Waals surface area (Å²) in [6, 6.07) is 0.686. The normalized spacial score (nSPS) is 25.2. The predicted molar refractivity (Wildman–Crippen MR) is 111 cm³/mol. The van der Waals surface area contributed by atoms with E-state index in [9.17, 15) is 0 Å². The molecule has 2 aliphatic rings. The van der Waals surface area contributed by atoms with E-state index in [2.05, 4.69) is 51.2 Å². The summed E-state index contributed by atoms with van der Waals surface area (Å²) in [6.07, 6.45) is 4.29. The number of ether oxygens (including phenoxy) is 3. The van der Waals surface area contributed by atoms with Crippen molar-refractivity contribution >= 4 is 8.32 Å². The SMILES string of the molecule is COC[C@@H]1CCCN1N[C@H](C)[C@H](CCC1OCCO1)O[Si](C)(C)C(C)(C)C. The first kappa shape index (κ1) is 23.3. The van der Waals surface area contributed by atoms with Crippen LogP contribution in [0.5, 0.6) is 0 Å². The minimum Gasteiger partial charge on any atom is -0.412 e. The van der Waals surface area contributed by atoms with Crippen molar-refractivity contribution in [2.75, 3.05) is 33.5 Å². The summed E-state index contributed by atoms with van der Waals surface area (Å²) in [5.74, 6) is 0. The van der Waals surface area contributed by atoms with Gasteiger partial charge in [-0.3, -0.25) is 0 Å². The molecule has 0 aromatic rings. The Morgan fingerprint density at radius 2 is 1.89 bits per heavy atom. The predicted octanol–water partition coefficient (Wildman–Crippen LogP) is 3.53. The topological polar surface area (TPSA) is 52.2 Å². The van der Waals surface area contributed by atoms with Gasteiger partial charge in [-0.25, -0.2) is 10.4 Å². The van der Waals surface area contributed by atoms with Crippen molar-refractivity contribution in [1.82, 2.24) is 10.4 Å². The maximum atomic E-state index is 6.84. The Morgan fingerprint density at radius 1 is 1.22 bits per heavy atom. The smallest absolute Gasteiger partial charge is 0.192 e. The van der Waals surface area contributed by atoms with Crippen LogP contribution in [0.1, 0.15) is 53.4 Å². The molecular formula is C20H42N2O4Si. The van der Waals surface area contributed by atoms with E-state index in [1.54, 1.807) is 7.11 Å². The summed E-state index contributed by atoms with van der Waals surface area (Å²) in [5, 5.41) is 2.55. The summed E-state index contributed by atoms with van der Waals surface area (Å²) < 4.78 is 23.5. The zero-order chi connectivity index (χ0) is 20.1. The molecule has 0 radical (unpaired) electrons. The number of methoxy groups -OCH3 is 1. The number of rotatable bonds is 10. The zero-order valence-corrected chi connectivity index (χ0v) is 19.5. The van der Waals surface area contributed by atoms with Gasteiger partial charge in [0.2, 0.25) is 0 Å². The molecule has 0 spiro atoms. The summed E-state index contributed by atoms with van der Waals surface area (Å²) >= 11 is 0. The third-order valence-electron chi connectivity index (χ3n) is 6.29. The molecule has 0 bridgehead atoms. The molecule has 0 aromatic heterocycles. The zero-order valence-electron chi connectivity index (χ0n) is 18.5. The molecule has 0 unspecified atom stereocenters. The van der Waals surface area contributed by atoms with E-state index in [1.807, 2.05) is 0 Å². The van der Waals surface area contributed by atoms with Crippen LogP contribution in [0.2, 0.25) is 18.1 Å². The molecule has 2 rings (SSSR count). The van der Waals surface area contributed by atoms with Gasteiger partial charge in [-0.15, -0.1) is 0 Å². The summed E-state index contributed by atoms with van der Waals surface area (Å²) in [7, 11) is -0.0777. The van der Waals surface area contributed by atoms with Crippen molar-refractivity contribution in [2.45, 2.75) is 96.0 Å². The second-order valence-corrected chi connectivity index (χ2v) is 14.3.